The number of aliphatic hydroxyl groups is 1. The Morgan fingerprint density at radius 2 is 1.93 bits per heavy atom. The first kappa shape index (κ1) is 20.0. The van der Waals surface area contributed by atoms with Crippen molar-refractivity contribution < 1.29 is 14.7 Å². The Labute approximate surface area is 168 Å². The smallest absolute Gasteiger partial charge is 0.253 e. The maximum Gasteiger partial charge on any atom is 0.253 e. The number of likely N-dealkylation sites (N-methyl/N-ethyl adjacent to an activating group) is 1. The number of hydrogen-bond acceptors (Lipinski definition) is 4. The molecule has 0 aromatic heterocycles. The van der Waals surface area contributed by atoms with Crippen LogP contribution in [0.15, 0.2) is 53.5 Å². The van der Waals surface area contributed by atoms with Crippen LogP contribution in [-0.2, 0) is 16.0 Å². The third-order valence-electron chi connectivity index (χ3n) is 4.57. The number of hydrogen-bond donors (Lipinski definition) is 2. The number of aliphatic hydroxyl groups excluding tert-OH is 1. The molecule has 0 radical (unpaired) electrons. The SMILES string of the molecule is CN(C)C(=O)[C@@H](O)[C@H](Cc1ccccc1)NC(=O)C1C=c2cc(Cl)ccc2=N1. The zero-order valence-corrected chi connectivity index (χ0v) is 16.4. The molecule has 2 aromatic carbocycles. The first-order valence-corrected chi connectivity index (χ1v) is 9.32. The Morgan fingerprint density at radius 3 is 2.61 bits per heavy atom. The molecule has 1 unspecified atom stereocenters. The molecule has 3 atom stereocenters. The summed E-state index contributed by atoms with van der Waals surface area (Å²) in [6.45, 7) is 0. The Bertz CT molecular complexity index is 992. The molecule has 2 amide bonds. The van der Waals surface area contributed by atoms with Crippen LogP contribution in [0.1, 0.15) is 5.56 Å². The van der Waals surface area contributed by atoms with Gasteiger partial charge in [-0.2, -0.15) is 0 Å². The van der Waals surface area contributed by atoms with E-state index in [1.165, 1.54) is 4.90 Å². The second-order valence-electron chi connectivity index (χ2n) is 6.93. The van der Waals surface area contributed by atoms with Crippen molar-refractivity contribution in [3.8, 4) is 0 Å². The number of carbonyl (C=O) groups excluding carboxylic acids is 2. The lowest BCUT2D eigenvalue weighted by Gasteiger charge is -2.26. The van der Waals surface area contributed by atoms with Crippen LogP contribution in [-0.4, -0.2) is 54.1 Å². The van der Waals surface area contributed by atoms with E-state index in [4.69, 9.17) is 11.6 Å². The molecule has 0 spiro atoms. The van der Waals surface area contributed by atoms with E-state index in [-0.39, 0.29) is 5.91 Å². The van der Waals surface area contributed by atoms with Gasteiger partial charge in [0.1, 0.15) is 6.04 Å². The summed E-state index contributed by atoms with van der Waals surface area (Å²) in [6.07, 6.45) is 0.673. The molecular weight excluding hydrogens is 378 g/mol. The molecule has 0 saturated carbocycles. The summed E-state index contributed by atoms with van der Waals surface area (Å²) >= 11 is 5.99. The van der Waals surface area contributed by atoms with E-state index in [9.17, 15) is 14.7 Å². The summed E-state index contributed by atoms with van der Waals surface area (Å²) in [5, 5.41) is 15.4. The van der Waals surface area contributed by atoms with Gasteiger partial charge >= 0.3 is 0 Å². The lowest BCUT2D eigenvalue weighted by Crippen LogP contribution is -2.53. The Hall–Kier alpha value is -2.70. The average Bonchev–Trinajstić information content (AvgIpc) is 3.10. The highest BCUT2D eigenvalue weighted by atomic mass is 35.5. The summed E-state index contributed by atoms with van der Waals surface area (Å²) in [5.41, 5.74) is 0.904. The van der Waals surface area contributed by atoms with Crippen LogP contribution in [0.3, 0.4) is 0 Å². The zero-order valence-electron chi connectivity index (χ0n) is 15.7. The van der Waals surface area contributed by atoms with Crippen molar-refractivity contribution in [3.05, 3.63) is 69.7 Å². The average molecular weight is 400 g/mol. The van der Waals surface area contributed by atoms with Crippen LogP contribution in [0, 0.1) is 0 Å². The number of rotatable bonds is 6. The summed E-state index contributed by atoms with van der Waals surface area (Å²) in [6, 6.07) is 13.1. The van der Waals surface area contributed by atoms with Crippen LogP contribution in [0.5, 0.6) is 0 Å². The number of amides is 2. The van der Waals surface area contributed by atoms with Gasteiger partial charge in [-0.25, -0.2) is 0 Å². The number of carbonyl (C=O) groups is 2. The summed E-state index contributed by atoms with van der Waals surface area (Å²) < 4.78 is 0. The van der Waals surface area contributed by atoms with Gasteiger partial charge in [-0.1, -0.05) is 41.9 Å². The molecule has 28 heavy (non-hydrogen) atoms. The van der Waals surface area contributed by atoms with E-state index in [1.807, 2.05) is 30.3 Å². The van der Waals surface area contributed by atoms with Crippen LogP contribution in [0.4, 0.5) is 0 Å². The molecule has 0 saturated heterocycles. The molecule has 1 heterocycles. The van der Waals surface area contributed by atoms with Crippen LogP contribution >= 0.6 is 11.6 Å². The minimum absolute atomic E-state index is 0.318. The molecule has 0 fully saturated rings. The lowest BCUT2D eigenvalue weighted by atomic mass is 10.00. The first-order chi connectivity index (χ1) is 13.3. The van der Waals surface area contributed by atoms with Gasteiger partial charge in [-0.15, -0.1) is 0 Å². The van der Waals surface area contributed by atoms with Crippen LogP contribution in [0.2, 0.25) is 5.02 Å². The monoisotopic (exact) mass is 399 g/mol. The fourth-order valence-corrected chi connectivity index (χ4v) is 3.26. The summed E-state index contributed by atoms with van der Waals surface area (Å²) in [5.74, 6) is -0.845. The molecule has 3 rings (SSSR count). The zero-order chi connectivity index (χ0) is 20.3. The molecule has 146 valence electrons. The maximum absolute atomic E-state index is 12.8. The van der Waals surface area contributed by atoms with E-state index >= 15 is 0 Å². The number of benzene rings is 2. The summed E-state index contributed by atoms with van der Waals surface area (Å²) in [4.78, 5) is 30.8. The Balaban J connectivity index is 1.80. The predicted octanol–water partition coefficient (Wildman–Crippen LogP) is 0.299. The first-order valence-electron chi connectivity index (χ1n) is 8.94. The standard InChI is InChI=1S/C21H22ClN3O3/c1-25(2)21(28)19(26)17(10-13-6-4-3-5-7-13)24-20(27)18-12-14-11-15(22)8-9-16(14)23-18/h3-9,11-12,17-19,26H,10H2,1-2H3,(H,24,27)/t17-,18?,19-/m0/s1. The van der Waals surface area contributed by atoms with Gasteiger partial charge in [0.15, 0.2) is 6.10 Å². The normalized spacial score (nSPS) is 16.9. The van der Waals surface area contributed by atoms with Gasteiger partial charge in [0.25, 0.3) is 5.91 Å². The van der Waals surface area contributed by atoms with E-state index in [0.717, 1.165) is 10.8 Å². The maximum atomic E-state index is 12.8. The molecule has 0 bridgehead atoms. The molecule has 1 aliphatic rings. The Morgan fingerprint density at radius 1 is 1.21 bits per heavy atom. The van der Waals surface area contributed by atoms with E-state index < -0.39 is 24.1 Å². The lowest BCUT2D eigenvalue weighted by molar-refractivity contribution is -0.139. The van der Waals surface area contributed by atoms with Crippen molar-refractivity contribution in [2.75, 3.05) is 14.1 Å². The molecule has 2 aromatic rings. The highest BCUT2D eigenvalue weighted by Crippen LogP contribution is 2.10. The predicted molar refractivity (Wildman–Crippen MR) is 107 cm³/mol. The van der Waals surface area contributed by atoms with Gasteiger partial charge in [0.05, 0.1) is 11.4 Å². The number of halogens is 1. The molecule has 0 aliphatic carbocycles. The summed E-state index contributed by atoms with van der Waals surface area (Å²) in [7, 11) is 3.13. The highest BCUT2D eigenvalue weighted by Gasteiger charge is 2.31. The quantitative estimate of drug-likeness (QED) is 0.733. The third-order valence-corrected chi connectivity index (χ3v) is 4.81. The number of nitrogens with one attached hydrogen (secondary N) is 1. The fourth-order valence-electron chi connectivity index (χ4n) is 3.08. The molecular formula is C21H22ClN3O3. The van der Waals surface area contributed by atoms with Gasteiger partial charge in [-0.05, 0) is 41.5 Å². The van der Waals surface area contributed by atoms with Crippen molar-refractivity contribution in [2.45, 2.75) is 24.6 Å². The molecule has 1 aliphatic heterocycles. The minimum Gasteiger partial charge on any atom is -0.381 e. The van der Waals surface area contributed by atoms with Gasteiger partial charge in [-0.3, -0.25) is 14.6 Å². The molecule has 2 N–H and O–H groups in total. The number of fused-ring (bicyclic) bond motifs is 1. The fraction of sp³-hybridized carbons (Fsp3) is 0.286. The third kappa shape index (κ3) is 4.58. The van der Waals surface area contributed by atoms with Crippen molar-refractivity contribution in [2.24, 2.45) is 4.99 Å². The van der Waals surface area contributed by atoms with Crippen LogP contribution in [0.25, 0.3) is 6.08 Å². The highest BCUT2D eigenvalue weighted by molar-refractivity contribution is 6.30. The Kier molecular flexibility index (Phi) is 6.11. The van der Waals surface area contributed by atoms with E-state index in [0.29, 0.717) is 16.8 Å². The largest absolute Gasteiger partial charge is 0.381 e. The van der Waals surface area contributed by atoms with Crippen molar-refractivity contribution in [3.63, 3.8) is 0 Å². The second-order valence-corrected chi connectivity index (χ2v) is 7.36. The topological polar surface area (TPSA) is 82.0 Å². The van der Waals surface area contributed by atoms with Crippen molar-refractivity contribution >= 4 is 29.5 Å². The minimum atomic E-state index is -1.36. The van der Waals surface area contributed by atoms with Crippen molar-refractivity contribution in [1.29, 1.82) is 0 Å². The number of nitrogens with zero attached hydrogens (tertiary/aromatic N) is 2. The van der Waals surface area contributed by atoms with Crippen LogP contribution < -0.4 is 15.9 Å². The van der Waals surface area contributed by atoms with Gasteiger partial charge in [0, 0.05) is 19.1 Å². The van der Waals surface area contributed by atoms with E-state index in [1.54, 1.807) is 38.4 Å². The van der Waals surface area contributed by atoms with Gasteiger partial charge < -0.3 is 15.3 Å². The van der Waals surface area contributed by atoms with Crippen molar-refractivity contribution in [1.82, 2.24) is 10.2 Å². The molecule has 6 nitrogen and oxygen atoms in total. The molecule has 7 heteroatoms. The van der Waals surface area contributed by atoms with E-state index in [2.05, 4.69) is 10.3 Å². The van der Waals surface area contributed by atoms with Gasteiger partial charge in [0.2, 0.25) is 5.91 Å². The second kappa shape index (κ2) is 8.54.